The van der Waals surface area contributed by atoms with Gasteiger partial charge in [0.2, 0.25) is 0 Å². The highest BCUT2D eigenvalue weighted by Gasteiger charge is 2.29. The summed E-state index contributed by atoms with van der Waals surface area (Å²) < 4.78 is 14.5. The van der Waals surface area contributed by atoms with Gasteiger partial charge < -0.3 is 4.90 Å². The van der Waals surface area contributed by atoms with Crippen LogP contribution in [0.3, 0.4) is 0 Å². The van der Waals surface area contributed by atoms with Gasteiger partial charge in [0.15, 0.2) is 0 Å². The number of hydrogen-bond donors (Lipinski definition) is 0. The number of aromatic nitrogens is 1. The highest BCUT2D eigenvalue weighted by atomic mass is 32.1. The van der Waals surface area contributed by atoms with Crippen molar-refractivity contribution in [2.24, 2.45) is 0 Å². The molecule has 0 radical (unpaired) electrons. The number of thiazole rings is 1. The maximum absolute atomic E-state index is 14.5. The highest BCUT2D eigenvalue weighted by Crippen LogP contribution is 2.34. The molecule has 0 bridgehead atoms. The first kappa shape index (κ1) is 13.6. The molecule has 0 spiro atoms. The molecule has 4 heteroatoms. The van der Waals surface area contributed by atoms with Crippen molar-refractivity contribution in [2.75, 3.05) is 4.90 Å². The lowest BCUT2D eigenvalue weighted by Gasteiger charge is -2.29. The summed E-state index contributed by atoms with van der Waals surface area (Å²) in [6.07, 6.45) is 2.27. The van der Waals surface area contributed by atoms with Crippen molar-refractivity contribution in [1.29, 1.82) is 0 Å². The van der Waals surface area contributed by atoms with Crippen LogP contribution in [0.15, 0.2) is 23.6 Å². The molecule has 0 aliphatic carbocycles. The SMILES string of the molecule is Cc1nc(-c2ccc(N3C(C)CCC3C)c(F)c2)cs1. The molecule has 1 saturated heterocycles. The first-order valence-corrected chi connectivity index (χ1v) is 7.94. The molecular formula is C16H19FN2S. The zero-order chi connectivity index (χ0) is 14.3. The van der Waals surface area contributed by atoms with Gasteiger partial charge in [-0.1, -0.05) is 6.07 Å². The minimum atomic E-state index is -0.145. The van der Waals surface area contributed by atoms with Gasteiger partial charge >= 0.3 is 0 Å². The Hall–Kier alpha value is -1.42. The minimum Gasteiger partial charge on any atom is -0.364 e. The van der Waals surface area contributed by atoms with E-state index >= 15 is 0 Å². The van der Waals surface area contributed by atoms with Crippen LogP contribution in [0.1, 0.15) is 31.7 Å². The Morgan fingerprint density at radius 2 is 1.95 bits per heavy atom. The van der Waals surface area contributed by atoms with Crippen LogP contribution in [0.5, 0.6) is 0 Å². The molecule has 1 aliphatic rings. The fourth-order valence-electron chi connectivity index (χ4n) is 3.04. The number of hydrogen-bond acceptors (Lipinski definition) is 3. The number of rotatable bonds is 2. The Morgan fingerprint density at radius 3 is 2.50 bits per heavy atom. The number of anilines is 1. The van der Waals surface area contributed by atoms with Gasteiger partial charge in [0.25, 0.3) is 0 Å². The van der Waals surface area contributed by atoms with Gasteiger partial charge in [0, 0.05) is 23.0 Å². The molecule has 2 heterocycles. The lowest BCUT2D eigenvalue weighted by atomic mass is 10.1. The molecule has 2 unspecified atom stereocenters. The molecule has 0 amide bonds. The van der Waals surface area contributed by atoms with Crippen molar-refractivity contribution in [1.82, 2.24) is 4.98 Å². The van der Waals surface area contributed by atoms with Crippen LogP contribution in [-0.4, -0.2) is 17.1 Å². The zero-order valence-electron chi connectivity index (χ0n) is 12.1. The monoisotopic (exact) mass is 290 g/mol. The lowest BCUT2D eigenvalue weighted by molar-refractivity contribution is 0.601. The summed E-state index contributed by atoms with van der Waals surface area (Å²) in [4.78, 5) is 6.62. The summed E-state index contributed by atoms with van der Waals surface area (Å²) in [5.41, 5.74) is 2.44. The van der Waals surface area contributed by atoms with Gasteiger partial charge in [-0.15, -0.1) is 11.3 Å². The van der Waals surface area contributed by atoms with Crippen molar-refractivity contribution in [3.63, 3.8) is 0 Å². The molecule has 106 valence electrons. The highest BCUT2D eigenvalue weighted by molar-refractivity contribution is 7.09. The number of benzene rings is 1. The van der Waals surface area contributed by atoms with Crippen LogP contribution in [0.25, 0.3) is 11.3 Å². The van der Waals surface area contributed by atoms with E-state index in [1.807, 2.05) is 24.4 Å². The fourth-order valence-corrected chi connectivity index (χ4v) is 3.66. The summed E-state index contributed by atoms with van der Waals surface area (Å²) in [6, 6.07) is 6.31. The molecule has 1 aromatic heterocycles. The minimum absolute atomic E-state index is 0.145. The zero-order valence-corrected chi connectivity index (χ0v) is 12.9. The Morgan fingerprint density at radius 1 is 1.25 bits per heavy atom. The third-order valence-corrected chi connectivity index (χ3v) is 4.87. The smallest absolute Gasteiger partial charge is 0.147 e. The quantitative estimate of drug-likeness (QED) is 0.801. The summed E-state index contributed by atoms with van der Waals surface area (Å²) in [5, 5.41) is 2.98. The van der Waals surface area contributed by atoms with Crippen LogP contribution in [0.4, 0.5) is 10.1 Å². The first-order valence-electron chi connectivity index (χ1n) is 7.06. The molecule has 1 aliphatic heterocycles. The molecule has 2 aromatic rings. The Kier molecular flexibility index (Phi) is 3.50. The van der Waals surface area contributed by atoms with Gasteiger partial charge in [0.05, 0.1) is 16.4 Å². The van der Waals surface area contributed by atoms with Gasteiger partial charge in [0.1, 0.15) is 5.82 Å². The fraction of sp³-hybridized carbons (Fsp3) is 0.438. The predicted molar refractivity (Wildman–Crippen MR) is 82.9 cm³/mol. The van der Waals surface area contributed by atoms with Crippen molar-refractivity contribution in [2.45, 2.75) is 45.7 Å². The average Bonchev–Trinajstić information content (AvgIpc) is 2.97. The van der Waals surface area contributed by atoms with E-state index in [0.717, 1.165) is 34.8 Å². The Bertz CT molecular complexity index is 613. The van der Waals surface area contributed by atoms with E-state index in [1.165, 1.54) is 0 Å². The van der Waals surface area contributed by atoms with Crippen LogP contribution < -0.4 is 4.90 Å². The maximum Gasteiger partial charge on any atom is 0.147 e. The molecule has 0 N–H and O–H groups in total. The van der Waals surface area contributed by atoms with E-state index in [0.29, 0.717) is 12.1 Å². The Balaban J connectivity index is 1.95. The summed E-state index contributed by atoms with van der Waals surface area (Å²) in [7, 11) is 0. The third kappa shape index (κ3) is 2.33. The second-order valence-corrected chi connectivity index (χ2v) is 6.66. The molecule has 2 nitrogen and oxygen atoms in total. The van der Waals surface area contributed by atoms with Crippen molar-refractivity contribution in [3.05, 3.63) is 34.4 Å². The molecule has 1 aromatic carbocycles. The largest absolute Gasteiger partial charge is 0.364 e. The van der Waals surface area contributed by atoms with E-state index in [4.69, 9.17) is 0 Å². The second-order valence-electron chi connectivity index (χ2n) is 5.60. The molecule has 2 atom stereocenters. The van der Waals surface area contributed by atoms with E-state index in [2.05, 4.69) is 23.7 Å². The first-order chi connectivity index (χ1) is 9.56. The standard InChI is InChI=1S/C16H19FN2S/c1-10-4-5-11(2)19(10)16-7-6-13(8-14(16)17)15-9-20-12(3)18-15/h6-11H,4-5H2,1-3H3. The van der Waals surface area contributed by atoms with Gasteiger partial charge in [-0.25, -0.2) is 9.37 Å². The van der Waals surface area contributed by atoms with Gasteiger partial charge in [-0.2, -0.15) is 0 Å². The summed E-state index contributed by atoms with van der Waals surface area (Å²) in [5.74, 6) is -0.145. The van der Waals surface area contributed by atoms with Crippen molar-refractivity contribution >= 4 is 17.0 Å². The average molecular weight is 290 g/mol. The van der Waals surface area contributed by atoms with E-state index in [9.17, 15) is 4.39 Å². The number of halogens is 1. The predicted octanol–water partition coefficient (Wildman–Crippen LogP) is 4.63. The maximum atomic E-state index is 14.5. The van der Waals surface area contributed by atoms with Crippen LogP contribution in [0, 0.1) is 12.7 Å². The van der Waals surface area contributed by atoms with Crippen LogP contribution in [0.2, 0.25) is 0 Å². The molecular weight excluding hydrogens is 271 g/mol. The topological polar surface area (TPSA) is 16.1 Å². The second kappa shape index (κ2) is 5.17. The van der Waals surface area contributed by atoms with Crippen LogP contribution >= 0.6 is 11.3 Å². The molecule has 20 heavy (non-hydrogen) atoms. The molecule has 3 rings (SSSR count). The van der Waals surface area contributed by atoms with E-state index in [1.54, 1.807) is 17.4 Å². The molecule has 0 saturated carbocycles. The third-order valence-electron chi connectivity index (χ3n) is 4.09. The van der Waals surface area contributed by atoms with Crippen LogP contribution in [-0.2, 0) is 0 Å². The van der Waals surface area contributed by atoms with E-state index in [-0.39, 0.29) is 5.82 Å². The van der Waals surface area contributed by atoms with E-state index < -0.39 is 0 Å². The normalized spacial score (nSPS) is 22.5. The number of nitrogens with zero attached hydrogens (tertiary/aromatic N) is 2. The molecule has 1 fully saturated rings. The van der Waals surface area contributed by atoms with Crippen molar-refractivity contribution in [3.8, 4) is 11.3 Å². The van der Waals surface area contributed by atoms with Crippen molar-refractivity contribution < 1.29 is 4.39 Å². The van der Waals surface area contributed by atoms with Gasteiger partial charge in [-0.3, -0.25) is 0 Å². The Labute approximate surface area is 123 Å². The number of aryl methyl sites for hydroxylation is 1. The lowest BCUT2D eigenvalue weighted by Crippen LogP contribution is -2.33. The summed E-state index contributed by atoms with van der Waals surface area (Å²) in [6.45, 7) is 6.30. The van der Waals surface area contributed by atoms with Gasteiger partial charge in [-0.05, 0) is 45.7 Å². The summed E-state index contributed by atoms with van der Waals surface area (Å²) >= 11 is 1.59.